The Balaban J connectivity index is 2.00. The molecule has 2 heterocycles. The molecule has 0 bridgehead atoms. The third-order valence-electron chi connectivity index (χ3n) is 3.04. The number of ether oxygens (including phenoxy) is 2. The van der Waals surface area contributed by atoms with Gasteiger partial charge in [-0.3, -0.25) is 4.79 Å². The number of thioether (sulfide) groups is 1. The lowest BCUT2D eigenvalue weighted by Crippen LogP contribution is -2.24. The number of benzene rings is 1. The van der Waals surface area contributed by atoms with Gasteiger partial charge in [-0.2, -0.15) is 5.10 Å². The van der Waals surface area contributed by atoms with Crippen LogP contribution in [0.4, 0.5) is 4.79 Å². The fraction of sp³-hybridized carbons (Fsp3) is 0.357. The van der Waals surface area contributed by atoms with E-state index in [9.17, 15) is 4.79 Å². The van der Waals surface area contributed by atoms with Crippen molar-refractivity contribution in [3.05, 3.63) is 18.0 Å². The van der Waals surface area contributed by atoms with Crippen LogP contribution in [0.25, 0.3) is 11.0 Å². The minimum Gasteiger partial charge on any atom is -0.490 e. The molecule has 0 radical (unpaired) electrons. The van der Waals surface area contributed by atoms with Crippen molar-refractivity contribution in [2.24, 2.45) is 5.10 Å². The monoisotopic (exact) mass is 320 g/mol. The molecule has 1 amide bonds. The van der Waals surface area contributed by atoms with Crippen LogP contribution in [0.5, 0.6) is 11.5 Å². The van der Waals surface area contributed by atoms with Gasteiger partial charge in [0.15, 0.2) is 17.3 Å². The van der Waals surface area contributed by atoms with Crippen LogP contribution >= 0.6 is 11.8 Å². The Bertz CT molecular complexity index is 698. The largest absolute Gasteiger partial charge is 0.490 e. The molecule has 8 heteroatoms. The maximum absolute atomic E-state index is 11.1. The van der Waals surface area contributed by atoms with Gasteiger partial charge < -0.3 is 14.5 Å². The second-order valence-electron chi connectivity index (χ2n) is 4.51. The molecular weight excluding hydrogens is 304 g/mol. The molecule has 0 fully saturated rings. The average molecular weight is 320 g/mol. The van der Waals surface area contributed by atoms with E-state index in [1.165, 1.54) is 0 Å². The summed E-state index contributed by atoms with van der Waals surface area (Å²) in [5, 5.41) is 3.88. The Kier molecular flexibility index (Phi) is 4.19. The molecule has 1 aromatic heterocycles. The van der Waals surface area contributed by atoms with Gasteiger partial charge in [0, 0.05) is 12.1 Å². The molecule has 116 valence electrons. The number of imidazole rings is 1. The predicted octanol–water partition coefficient (Wildman–Crippen LogP) is 2.52. The number of fused-ring (bicyclic) bond motifs is 1. The van der Waals surface area contributed by atoms with Gasteiger partial charge in [0.05, 0.1) is 30.0 Å². The summed E-state index contributed by atoms with van der Waals surface area (Å²) in [5.41, 5.74) is 4.76. The number of nitrogens with zero attached hydrogens (tertiary/aromatic N) is 2. The lowest BCUT2D eigenvalue weighted by Gasteiger charge is -2.10. The van der Waals surface area contributed by atoms with Gasteiger partial charge in [0.2, 0.25) is 0 Å². The van der Waals surface area contributed by atoms with Crippen LogP contribution in [0, 0.1) is 0 Å². The van der Waals surface area contributed by atoms with Gasteiger partial charge in [-0.05, 0) is 13.8 Å². The molecule has 0 spiro atoms. The lowest BCUT2D eigenvalue weighted by atomic mass is 10.2. The number of aromatic nitrogens is 2. The van der Waals surface area contributed by atoms with Gasteiger partial charge >= 0.3 is 0 Å². The summed E-state index contributed by atoms with van der Waals surface area (Å²) >= 11 is 1.16. The van der Waals surface area contributed by atoms with E-state index in [0.717, 1.165) is 22.8 Å². The standard InChI is InChI=1S/C14H16N4O3S/c1-3-20-11-5-8-9(6-12(11)21-4-2)16-13(15-8)10-7-22-14(19)18-17-10/h5-6H,3-4,7H2,1-2H3,(H,15,16)(H,18,19). The van der Waals surface area contributed by atoms with Crippen molar-refractivity contribution in [3.8, 4) is 11.5 Å². The maximum atomic E-state index is 11.1. The van der Waals surface area contributed by atoms with Crippen molar-refractivity contribution >= 4 is 33.7 Å². The van der Waals surface area contributed by atoms with Gasteiger partial charge in [-0.1, -0.05) is 11.8 Å². The number of hydrazone groups is 1. The Morgan fingerprint density at radius 3 is 2.59 bits per heavy atom. The van der Waals surface area contributed by atoms with Crippen molar-refractivity contribution in [2.45, 2.75) is 13.8 Å². The van der Waals surface area contributed by atoms with Crippen molar-refractivity contribution in [1.29, 1.82) is 0 Å². The van der Waals surface area contributed by atoms with Crippen molar-refractivity contribution in [2.75, 3.05) is 19.0 Å². The summed E-state index contributed by atoms with van der Waals surface area (Å²) in [5.74, 6) is 2.48. The molecular formula is C14H16N4O3S. The first kappa shape index (κ1) is 14.7. The number of nitrogens with one attached hydrogen (secondary N) is 2. The highest BCUT2D eigenvalue weighted by Gasteiger charge is 2.18. The van der Waals surface area contributed by atoms with E-state index in [1.54, 1.807) is 0 Å². The summed E-state index contributed by atoms with van der Waals surface area (Å²) in [6.45, 7) is 4.96. The van der Waals surface area contributed by atoms with Gasteiger partial charge in [-0.25, -0.2) is 10.4 Å². The number of hydrogen-bond donors (Lipinski definition) is 2. The third kappa shape index (κ3) is 2.87. The fourth-order valence-electron chi connectivity index (χ4n) is 2.12. The van der Waals surface area contributed by atoms with Crippen LogP contribution in [-0.4, -0.2) is 39.9 Å². The van der Waals surface area contributed by atoms with Crippen LogP contribution in [-0.2, 0) is 0 Å². The Hall–Kier alpha value is -2.22. The molecule has 0 unspecified atom stereocenters. The number of carbonyl (C=O) groups excluding carboxylic acids is 1. The molecule has 2 N–H and O–H groups in total. The SMILES string of the molecule is CCOc1cc2nc(C3=NNC(=O)SC3)[nH]c2cc1OCC. The first-order valence-electron chi connectivity index (χ1n) is 7.00. The van der Waals surface area contributed by atoms with Crippen LogP contribution in [0.1, 0.15) is 19.7 Å². The maximum Gasteiger partial charge on any atom is 0.299 e. The Morgan fingerprint density at radius 1 is 1.23 bits per heavy atom. The molecule has 2 aromatic rings. The zero-order valence-electron chi connectivity index (χ0n) is 12.3. The molecule has 3 rings (SSSR count). The van der Waals surface area contributed by atoms with Crippen LogP contribution in [0.2, 0.25) is 0 Å². The molecule has 1 aliphatic rings. The minimum absolute atomic E-state index is 0.155. The van der Waals surface area contributed by atoms with Gasteiger partial charge in [-0.15, -0.1) is 0 Å². The second kappa shape index (κ2) is 6.27. The number of rotatable bonds is 5. The highest BCUT2D eigenvalue weighted by atomic mass is 32.2. The molecule has 0 saturated carbocycles. The first-order valence-corrected chi connectivity index (χ1v) is 7.99. The van der Waals surface area contributed by atoms with E-state index in [0.29, 0.717) is 42.0 Å². The number of carbonyl (C=O) groups is 1. The number of hydrogen-bond acceptors (Lipinski definition) is 6. The van der Waals surface area contributed by atoms with Crippen LogP contribution in [0.3, 0.4) is 0 Å². The first-order chi connectivity index (χ1) is 10.7. The van der Waals surface area contributed by atoms with Gasteiger partial charge in [0.1, 0.15) is 5.71 Å². The Morgan fingerprint density at radius 2 is 1.95 bits per heavy atom. The van der Waals surface area contributed by atoms with E-state index in [-0.39, 0.29) is 5.24 Å². The van der Waals surface area contributed by atoms with E-state index in [4.69, 9.17) is 9.47 Å². The second-order valence-corrected chi connectivity index (χ2v) is 5.46. The number of aromatic amines is 1. The summed E-state index contributed by atoms with van der Waals surface area (Å²) in [6.07, 6.45) is 0. The molecule has 0 aliphatic carbocycles. The molecule has 1 aromatic carbocycles. The minimum atomic E-state index is -0.155. The normalized spacial score (nSPS) is 14.6. The molecule has 1 aliphatic heterocycles. The van der Waals surface area contributed by atoms with Crippen molar-refractivity contribution in [1.82, 2.24) is 15.4 Å². The smallest absolute Gasteiger partial charge is 0.299 e. The summed E-state index contributed by atoms with van der Waals surface area (Å²) in [6, 6.07) is 3.72. The molecule has 7 nitrogen and oxygen atoms in total. The quantitative estimate of drug-likeness (QED) is 0.883. The van der Waals surface area contributed by atoms with E-state index < -0.39 is 0 Å². The fourth-order valence-corrected chi connectivity index (χ4v) is 2.70. The average Bonchev–Trinajstić information content (AvgIpc) is 2.91. The highest BCUT2D eigenvalue weighted by molar-refractivity contribution is 8.14. The summed E-state index contributed by atoms with van der Waals surface area (Å²) in [4.78, 5) is 18.9. The number of amides is 1. The summed E-state index contributed by atoms with van der Waals surface area (Å²) < 4.78 is 11.2. The van der Waals surface area contributed by atoms with Crippen molar-refractivity contribution in [3.63, 3.8) is 0 Å². The summed E-state index contributed by atoms with van der Waals surface area (Å²) in [7, 11) is 0. The van der Waals surface area contributed by atoms with Crippen molar-refractivity contribution < 1.29 is 14.3 Å². The molecule has 0 atom stereocenters. The zero-order chi connectivity index (χ0) is 15.5. The topological polar surface area (TPSA) is 88.6 Å². The molecule has 0 saturated heterocycles. The van der Waals surface area contributed by atoms with Gasteiger partial charge in [0.25, 0.3) is 5.24 Å². The van der Waals surface area contributed by atoms with E-state index in [1.807, 2.05) is 26.0 Å². The van der Waals surface area contributed by atoms with E-state index >= 15 is 0 Å². The Labute approximate surface area is 131 Å². The predicted molar refractivity (Wildman–Crippen MR) is 86.0 cm³/mol. The molecule has 22 heavy (non-hydrogen) atoms. The lowest BCUT2D eigenvalue weighted by molar-refractivity contribution is 0.261. The van der Waals surface area contributed by atoms with E-state index in [2.05, 4.69) is 20.5 Å². The highest BCUT2D eigenvalue weighted by Crippen LogP contribution is 2.32. The van der Waals surface area contributed by atoms with Crippen LogP contribution < -0.4 is 14.9 Å². The van der Waals surface area contributed by atoms with Crippen LogP contribution in [0.15, 0.2) is 17.2 Å². The third-order valence-corrected chi connectivity index (χ3v) is 3.81. The number of H-pyrrole nitrogens is 1. The zero-order valence-corrected chi connectivity index (χ0v) is 13.1.